The molecule has 100 valence electrons. The maximum Gasteiger partial charge on any atom is 0.249 e. The highest BCUT2D eigenvalue weighted by atomic mass is 16.5. The predicted octanol–water partition coefficient (Wildman–Crippen LogP) is 1.38. The minimum absolute atomic E-state index is 0.152. The zero-order valence-corrected chi connectivity index (χ0v) is 10.8. The van der Waals surface area contributed by atoms with Gasteiger partial charge in [0.2, 0.25) is 11.8 Å². The molecule has 6 heteroatoms. The van der Waals surface area contributed by atoms with E-state index in [9.17, 15) is 4.79 Å². The number of ether oxygens (including phenoxy) is 1. The van der Waals surface area contributed by atoms with Gasteiger partial charge in [-0.05, 0) is 26.2 Å². The SMILES string of the molecule is CCCOC(C)C(=O)NCc1noc(C2CC2)n1. The second kappa shape index (κ2) is 5.95. The minimum Gasteiger partial charge on any atom is -0.369 e. The molecule has 0 radical (unpaired) electrons. The molecule has 1 aromatic rings. The second-order valence-corrected chi connectivity index (χ2v) is 4.55. The third-order valence-corrected chi connectivity index (χ3v) is 2.77. The Morgan fingerprint density at radius 2 is 2.39 bits per heavy atom. The summed E-state index contributed by atoms with van der Waals surface area (Å²) in [7, 11) is 0. The van der Waals surface area contributed by atoms with E-state index >= 15 is 0 Å². The molecule has 1 amide bonds. The molecule has 0 bridgehead atoms. The van der Waals surface area contributed by atoms with Gasteiger partial charge in [-0.3, -0.25) is 4.79 Å². The molecule has 2 rings (SSSR count). The van der Waals surface area contributed by atoms with Crippen LogP contribution in [0.5, 0.6) is 0 Å². The van der Waals surface area contributed by atoms with Gasteiger partial charge in [0.1, 0.15) is 6.10 Å². The maximum atomic E-state index is 11.7. The van der Waals surface area contributed by atoms with Crippen LogP contribution < -0.4 is 5.32 Å². The molecule has 1 aromatic heterocycles. The van der Waals surface area contributed by atoms with Crippen molar-refractivity contribution in [1.82, 2.24) is 15.5 Å². The summed E-state index contributed by atoms with van der Waals surface area (Å²) in [5, 5.41) is 6.56. The van der Waals surface area contributed by atoms with E-state index in [-0.39, 0.29) is 12.5 Å². The zero-order chi connectivity index (χ0) is 13.0. The lowest BCUT2D eigenvalue weighted by Crippen LogP contribution is -2.34. The van der Waals surface area contributed by atoms with Crippen LogP contribution in [-0.2, 0) is 16.1 Å². The molecule has 18 heavy (non-hydrogen) atoms. The molecule has 1 heterocycles. The van der Waals surface area contributed by atoms with Crippen molar-refractivity contribution in [3.05, 3.63) is 11.7 Å². The van der Waals surface area contributed by atoms with E-state index in [4.69, 9.17) is 9.26 Å². The second-order valence-electron chi connectivity index (χ2n) is 4.55. The standard InChI is InChI=1S/C12H19N3O3/c1-3-6-17-8(2)11(16)13-7-10-14-12(18-15-10)9-4-5-9/h8-9H,3-7H2,1-2H3,(H,13,16). The molecule has 1 N–H and O–H groups in total. The molecular formula is C12H19N3O3. The summed E-state index contributed by atoms with van der Waals surface area (Å²) in [4.78, 5) is 15.9. The van der Waals surface area contributed by atoms with Crippen molar-refractivity contribution >= 4 is 5.91 Å². The molecule has 1 aliphatic carbocycles. The fourth-order valence-corrected chi connectivity index (χ4v) is 1.52. The van der Waals surface area contributed by atoms with Gasteiger partial charge in [-0.2, -0.15) is 4.98 Å². The quantitative estimate of drug-likeness (QED) is 0.794. The molecule has 0 spiro atoms. The number of carbonyl (C=O) groups excluding carboxylic acids is 1. The Hall–Kier alpha value is -1.43. The van der Waals surface area contributed by atoms with Crippen LogP contribution in [0, 0.1) is 0 Å². The van der Waals surface area contributed by atoms with Crippen molar-refractivity contribution in [1.29, 1.82) is 0 Å². The van der Waals surface area contributed by atoms with Crippen LogP contribution in [0.15, 0.2) is 4.52 Å². The Labute approximate surface area is 106 Å². The highest BCUT2D eigenvalue weighted by molar-refractivity contribution is 5.80. The van der Waals surface area contributed by atoms with Crippen LogP contribution in [0.1, 0.15) is 50.7 Å². The van der Waals surface area contributed by atoms with Gasteiger partial charge >= 0.3 is 0 Å². The van der Waals surface area contributed by atoms with Crippen molar-refractivity contribution in [2.45, 2.75) is 51.7 Å². The number of rotatable bonds is 7. The molecular weight excluding hydrogens is 234 g/mol. The highest BCUT2D eigenvalue weighted by Crippen LogP contribution is 2.38. The van der Waals surface area contributed by atoms with Crippen molar-refractivity contribution in [3.63, 3.8) is 0 Å². The maximum absolute atomic E-state index is 11.7. The van der Waals surface area contributed by atoms with Crippen molar-refractivity contribution in [3.8, 4) is 0 Å². The lowest BCUT2D eigenvalue weighted by Gasteiger charge is -2.11. The third-order valence-electron chi connectivity index (χ3n) is 2.77. The van der Waals surface area contributed by atoms with E-state index < -0.39 is 6.10 Å². The average Bonchev–Trinajstić information content (AvgIpc) is 3.12. The topological polar surface area (TPSA) is 77.2 Å². The Morgan fingerprint density at radius 3 is 3.06 bits per heavy atom. The van der Waals surface area contributed by atoms with E-state index in [0.29, 0.717) is 24.2 Å². The first-order chi connectivity index (χ1) is 8.70. The van der Waals surface area contributed by atoms with E-state index in [1.54, 1.807) is 6.92 Å². The number of carbonyl (C=O) groups is 1. The van der Waals surface area contributed by atoms with Gasteiger partial charge in [-0.1, -0.05) is 12.1 Å². The summed E-state index contributed by atoms with van der Waals surface area (Å²) in [6.07, 6.45) is 2.69. The highest BCUT2D eigenvalue weighted by Gasteiger charge is 2.29. The van der Waals surface area contributed by atoms with Gasteiger partial charge in [0.25, 0.3) is 0 Å². The Kier molecular flexibility index (Phi) is 4.30. The molecule has 1 unspecified atom stereocenters. The smallest absolute Gasteiger partial charge is 0.249 e. The molecule has 0 aromatic carbocycles. The molecule has 1 fully saturated rings. The predicted molar refractivity (Wildman–Crippen MR) is 63.8 cm³/mol. The average molecular weight is 253 g/mol. The van der Waals surface area contributed by atoms with Crippen LogP contribution in [0.25, 0.3) is 0 Å². The Morgan fingerprint density at radius 1 is 1.61 bits per heavy atom. The van der Waals surface area contributed by atoms with Crippen LogP contribution in [0.3, 0.4) is 0 Å². The summed E-state index contributed by atoms with van der Waals surface area (Å²) in [5.74, 6) is 1.50. The number of aromatic nitrogens is 2. The lowest BCUT2D eigenvalue weighted by molar-refractivity contribution is -0.131. The Bertz CT molecular complexity index is 401. The summed E-state index contributed by atoms with van der Waals surface area (Å²) in [6, 6.07) is 0. The van der Waals surface area contributed by atoms with Crippen LogP contribution in [0.4, 0.5) is 0 Å². The van der Waals surface area contributed by atoms with Gasteiger partial charge in [0, 0.05) is 12.5 Å². The van der Waals surface area contributed by atoms with Crippen molar-refractivity contribution in [2.75, 3.05) is 6.61 Å². The van der Waals surface area contributed by atoms with Gasteiger partial charge in [-0.15, -0.1) is 0 Å². The van der Waals surface area contributed by atoms with E-state index in [2.05, 4.69) is 15.5 Å². The number of hydrogen-bond donors (Lipinski definition) is 1. The summed E-state index contributed by atoms with van der Waals surface area (Å²) < 4.78 is 10.4. The van der Waals surface area contributed by atoms with Crippen molar-refractivity contribution in [2.24, 2.45) is 0 Å². The summed E-state index contributed by atoms with van der Waals surface area (Å²) in [6.45, 7) is 4.61. The number of amides is 1. The fraction of sp³-hybridized carbons (Fsp3) is 0.750. The number of nitrogens with zero attached hydrogens (tertiary/aromatic N) is 2. The first kappa shape index (κ1) is 13.0. The van der Waals surface area contributed by atoms with E-state index in [1.165, 1.54) is 0 Å². The third kappa shape index (κ3) is 3.53. The van der Waals surface area contributed by atoms with Crippen LogP contribution >= 0.6 is 0 Å². The molecule has 6 nitrogen and oxygen atoms in total. The van der Waals surface area contributed by atoms with Crippen LogP contribution in [-0.4, -0.2) is 28.8 Å². The molecule has 1 saturated carbocycles. The zero-order valence-electron chi connectivity index (χ0n) is 10.8. The van der Waals surface area contributed by atoms with Crippen molar-refractivity contribution < 1.29 is 14.1 Å². The monoisotopic (exact) mass is 253 g/mol. The van der Waals surface area contributed by atoms with Gasteiger partial charge in [-0.25, -0.2) is 0 Å². The Balaban J connectivity index is 1.73. The summed E-state index contributed by atoms with van der Waals surface area (Å²) in [5.41, 5.74) is 0. The number of nitrogens with one attached hydrogen (secondary N) is 1. The molecule has 1 aliphatic rings. The first-order valence-corrected chi connectivity index (χ1v) is 6.42. The normalized spacial score (nSPS) is 16.6. The largest absolute Gasteiger partial charge is 0.369 e. The molecule has 0 saturated heterocycles. The lowest BCUT2D eigenvalue weighted by atomic mass is 10.3. The number of hydrogen-bond acceptors (Lipinski definition) is 5. The summed E-state index contributed by atoms with van der Waals surface area (Å²) >= 11 is 0. The fourth-order valence-electron chi connectivity index (χ4n) is 1.52. The van der Waals surface area contributed by atoms with Gasteiger partial charge in [0.05, 0.1) is 6.54 Å². The van der Waals surface area contributed by atoms with E-state index in [0.717, 1.165) is 19.3 Å². The minimum atomic E-state index is -0.445. The van der Waals surface area contributed by atoms with Crippen LogP contribution in [0.2, 0.25) is 0 Å². The van der Waals surface area contributed by atoms with Gasteiger partial charge in [0.15, 0.2) is 5.82 Å². The molecule has 1 atom stereocenters. The van der Waals surface area contributed by atoms with E-state index in [1.807, 2.05) is 6.92 Å². The first-order valence-electron chi connectivity index (χ1n) is 6.42. The van der Waals surface area contributed by atoms with Gasteiger partial charge < -0.3 is 14.6 Å². The molecule has 0 aliphatic heterocycles.